The van der Waals surface area contributed by atoms with Gasteiger partial charge in [-0.3, -0.25) is 19.6 Å². The molecule has 1 fully saturated rings. The zero-order valence-electron chi connectivity index (χ0n) is 16.6. The van der Waals surface area contributed by atoms with Gasteiger partial charge in [0, 0.05) is 51.2 Å². The highest BCUT2D eigenvalue weighted by molar-refractivity contribution is 5.93. The van der Waals surface area contributed by atoms with Gasteiger partial charge in [0.25, 0.3) is 5.91 Å². The Bertz CT molecular complexity index is 798. The van der Waals surface area contributed by atoms with Gasteiger partial charge >= 0.3 is 0 Å². The monoisotopic (exact) mass is 397 g/mol. The van der Waals surface area contributed by atoms with Crippen molar-refractivity contribution >= 4 is 11.8 Å². The SMILES string of the molecule is CN1CCOC(c2ccc(CCC(=O)NCCNC(=O)c3cccnc3)cn2)C1. The van der Waals surface area contributed by atoms with Crippen LogP contribution in [0.2, 0.25) is 0 Å². The average molecular weight is 397 g/mol. The minimum absolute atomic E-state index is 0.00739. The van der Waals surface area contributed by atoms with Crippen LogP contribution in [0.4, 0.5) is 0 Å². The molecule has 2 aromatic rings. The van der Waals surface area contributed by atoms with Crippen LogP contribution < -0.4 is 10.6 Å². The zero-order valence-corrected chi connectivity index (χ0v) is 16.6. The maximum absolute atomic E-state index is 12.0. The van der Waals surface area contributed by atoms with E-state index < -0.39 is 0 Å². The molecule has 3 heterocycles. The predicted molar refractivity (Wildman–Crippen MR) is 108 cm³/mol. The molecule has 29 heavy (non-hydrogen) atoms. The number of morpholine rings is 1. The summed E-state index contributed by atoms with van der Waals surface area (Å²) in [4.78, 5) is 34.5. The van der Waals surface area contributed by atoms with Gasteiger partial charge in [-0.15, -0.1) is 0 Å². The number of nitrogens with zero attached hydrogens (tertiary/aromatic N) is 3. The molecular weight excluding hydrogens is 370 g/mol. The molecule has 1 atom stereocenters. The average Bonchev–Trinajstić information content (AvgIpc) is 2.76. The molecule has 154 valence electrons. The number of ether oxygens (including phenoxy) is 1. The first-order valence-corrected chi connectivity index (χ1v) is 9.82. The summed E-state index contributed by atoms with van der Waals surface area (Å²) < 4.78 is 5.77. The van der Waals surface area contributed by atoms with Crippen molar-refractivity contribution in [2.45, 2.75) is 18.9 Å². The standard InChI is InChI=1S/C21H27N5O3/c1-26-11-12-29-19(15-26)18-6-4-16(13-25-18)5-7-20(27)23-9-10-24-21(28)17-3-2-8-22-14-17/h2-4,6,8,13-14,19H,5,7,9-12,15H2,1H3,(H,23,27)(H,24,28). The maximum Gasteiger partial charge on any atom is 0.252 e. The number of carbonyl (C=O) groups excluding carboxylic acids is 2. The number of aromatic nitrogens is 2. The van der Waals surface area contributed by atoms with Crippen molar-refractivity contribution in [2.75, 3.05) is 39.8 Å². The Balaban J connectivity index is 1.33. The largest absolute Gasteiger partial charge is 0.369 e. The van der Waals surface area contributed by atoms with Crippen molar-refractivity contribution in [3.8, 4) is 0 Å². The van der Waals surface area contributed by atoms with E-state index in [1.54, 1.807) is 18.3 Å². The van der Waals surface area contributed by atoms with E-state index in [0.717, 1.165) is 24.3 Å². The van der Waals surface area contributed by atoms with Crippen molar-refractivity contribution in [3.63, 3.8) is 0 Å². The Morgan fingerprint density at radius 1 is 1.21 bits per heavy atom. The van der Waals surface area contributed by atoms with Gasteiger partial charge in [0.15, 0.2) is 0 Å². The number of hydrogen-bond acceptors (Lipinski definition) is 6. The van der Waals surface area contributed by atoms with Crippen LogP contribution >= 0.6 is 0 Å². The van der Waals surface area contributed by atoms with Gasteiger partial charge in [-0.1, -0.05) is 6.07 Å². The Kier molecular flexibility index (Phi) is 7.66. The molecule has 1 aliphatic heterocycles. The van der Waals surface area contributed by atoms with E-state index in [-0.39, 0.29) is 17.9 Å². The molecule has 8 heteroatoms. The third-order valence-corrected chi connectivity index (χ3v) is 4.74. The van der Waals surface area contributed by atoms with Crippen LogP contribution in [0.3, 0.4) is 0 Å². The van der Waals surface area contributed by atoms with Gasteiger partial charge in [0.05, 0.1) is 17.9 Å². The number of aryl methyl sites for hydroxylation is 1. The minimum atomic E-state index is -0.202. The van der Waals surface area contributed by atoms with E-state index in [9.17, 15) is 9.59 Å². The van der Waals surface area contributed by atoms with Crippen LogP contribution in [0.15, 0.2) is 42.9 Å². The number of pyridine rings is 2. The van der Waals surface area contributed by atoms with Crippen LogP contribution in [-0.4, -0.2) is 66.5 Å². The molecule has 1 aliphatic rings. The predicted octanol–water partition coefficient (Wildman–Crippen LogP) is 0.959. The topological polar surface area (TPSA) is 96.5 Å². The fraction of sp³-hybridized carbons (Fsp3) is 0.429. The molecule has 2 N–H and O–H groups in total. The lowest BCUT2D eigenvalue weighted by molar-refractivity contribution is -0.121. The number of nitrogens with one attached hydrogen (secondary N) is 2. The zero-order chi connectivity index (χ0) is 20.5. The Labute approximate surface area is 170 Å². The molecule has 1 unspecified atom stereocenters. The van der Waals surface area contributed by atoms with E-state index in [4.69, 9.17) is 4.74 Å². The van der Waals surface area contributed by atoms with Gasteiger partial charge in [-0.25, -0.2) is 0 Å². The summed E-state index contributed by atoms with van der Waals surface area (Å²) >= 11 is 0. The number of rotatable bonds is 8. The van der Waals surface area contributed by atoms with Crippen LogP contribution in [0.25, 0.3) is 0 Å². The Hall–Kier alpha value is -2.84. The summed E-state index contributed by atoms with van der Waals surface area (Å²) in [5.74, 6) is -0.256. The molecule has 2 aromatic heterocycles. The molecule has 1 saturated heterocycles. The van der Waals surface area contributed by atoms with Crippen LogP contribution in [0.1, 0.15) is 34.1 Å². The molecule has 0 saturated carbocycles. The van der Waals surface area contributed by atoms with Gasteiger partial charge in [0.2, 0.25) is 5.91 Å². The lowest BCUT2D eigenvalue weighted by Crippen LogP contribution is -2.35. The van der Waals surface area contributed by atoms with E-state index in [0.29, 0.717) is 38.1 Å². The third kappa shape index (κ3) is 6.62. The number of amides is 2. The summed E-state index contributed by atoms with van der Waals surface area (Å²) in [6.45, 7) is 3.25. The maximum atomic E-state index is 12.0. The number of likely N-dealkylation sites (N-methyl/N-ethyl adjacent to an activating group) is 1. The fourth-order valence-electron chi connectivity index (χ4n) is 3.05. The summed E-state index contributed by atoms with van der Waals surface area (Å²) in [5.41, 5.74) is 2.44. The van der Waals surface area contributed by atoms with E-state index in [1.807, 2.05) is 18.3 Å². The van der Waals surface area contributed by atoms with Crippen LogP contribution in [0, 0.1) is 0 Å². The summed E-state index contributed by atoms with van der Waals surface area (Å²) in [7, 11) is 2.08. The van der Waals surface area contributed by atoms with Crippen molar-refractivity contribution in [1.82, 2.24) is 25.5 Å². The first-order valence-electron chi connectivity index (χ1n) is 9.82. The lowest BCUT2D eigenvalue weighted by atomic mass is 10.1. The highest BCUT2D eigenvalue weighted by Crippen LogP contribution is 2.19. The Morgan fingerprint density at radius 2 is 2.07 bits per heavy atom. The van der Waals surface area contributed by atoms with Crippen molar-refractivity contribution < 1.29 is 14.3 Å². The van der Waals surface area contributed by atoms with E-state index >= 15 is 0 Å². The van der Waals surface area contributed by atoms with Crippen LogP contribution in [0.5, 0.6) is 0 Å². The second-order valence-corrected chi connectivity index (χ2v) is 7.06. The fourth-order valence-corrected chi connectivity index (χ4v) is 3.05. The van der Waals surface area contributed by atoms with Crippen molar-refractivity contribution in [1.29, 1.82) is 0 Å². The van der Waals surface area contributed by atoms with Gasteiger partial charge in [-0.2, -0.15) is 0 Å². The van der Waals surface area contributed by atoms with Gasteiger partial charge < -0.3 is 20.3 Å². The van der Waals surface area contributed by atoms with Crippen molar-refractivity contribution in [2.24, 2.45) is 0 Å². The first-order chi connectivity index (χ1) is 14.1. The highest BCUT2D eigenvalue weighted by atomic mass is 16.5. The molecule has 0 aliphatic carbocycles. The molecule has 0 bridgehead atoms. The quantitative estimate of drug-likeness (QED) is 0.644. The van der Waals surface area contributed by atoms with Crippen LogP contribution in [-0.2, 0) is 16.0 Å². The van der Waals surface area contributed by atoms with Crippen molar-refractivity contribution in [3.05, 3.63) is 59.7 Å². The first kappa shape index (κ1) is 20.9. The number of carbonyl (C=O) groups is 2. The molecule has 3 rings (SSSR count). The second kappa shape index (κ2) is 10.6. The normalized spacial score (nSPS) is 16.9. The second-order valence-electron chi connectivity index (χ2n) is 7.06. The molecule has 8 nitrogen and oxygen atoms in total. The van der Waals surface area contributed by atoms with E-state index in [1.165, 1.54) is 6.20 Å². The summed E-state index contributed by atoms with van der Waals surface area (Å²) in [5, 5.41) is 5.56. The molecule has 0 radical (unpaired) electrons. The lowest BCUT2D eigenvalue weighted by Gasteiger charge is -2.29. The molecule has 2 amide bonds. The highest BCUT2D eigenvalue weighted by Gasteiger charge is 2.20. The van der Waals surface area contributed by atoms with Gasteiger partial charge in [0.1, 0.15) is 6.10 Å². The number of hydrogen-bond donors (Lipinski definition) is 2. The molecular formula is C21H27N5O3. The third-order valence-electron chi connectivity index (χ3n) is 4.74. The molecule has 0 aromatic carbocycles. The summed E-state index contributed by atoms with van der Waals surface area (Å²) in [6, 6.07) is 7.38. The smallest absolute Gasteiger partial charge is 0.252 e. The van der Waals surface area contributed by atoms with E-state index in [2.05, 4.69) is 32.5 Å². The Morgan fingerprint density at radius 3 is 2.79 bits per heavy atom. The summed E-state index contributed by atoms with van der Waals surface area (Å²) in [6.07, 6.45) is 5.93. The molecule has 0 spiro atoms. The van der Waals surface area contributed by atoms with Gasteiger partial charge in [-0.05, 0) is 37.2 Å². The minimum Gasteiger partial charge on any atom is -0.369 e.